The van der Waals surface area contributed by atoms with Gasteiger partial charge in [-0.1, -0.05) is 24.3 Å². The van der Waals surface area contributed by atoms with Crippen LogP contribution in [-0.4, -0.2) is 42.4 Å². The van der Waals surface area contributed by atoms with E-state index in [1.807, 2.05) is 0 Å². The summed E-state index contributed by atoms with van der Waals surface area (Å²) in [6.07, 6.45) is 1.09. The molecule has 0 aromatic heterocycles. The molecule has 2 aliphatic rings. The summed E-state index contributed by atoms with van der Waals surface area (Å²) in [7, 11) is -0.286. The number of nitrogens with zero attached hydrogens (tertiary/aromatic N) is 1. The highest BCUT2D eigenvalue weighted by atomic mass is 35.5. The van der Waals surface area contributed by atoms with Crippen molar-refractivity contribution in [3.63, 3.8) is 0 Å². The molecular formula is C17H29BCl2N2O2. The van der Waals surface area contributed by atoms with Crippen LogP contribution in [0.2, 0.25) is 0 Å². The molecule has 0 saturated carbocycles. The van der Waals surface area contributed by atoms with E-state index >= 15 is 0 Å². The van der Waals surface area contributed by atoms with Gasteiger partial charge < -0.3 is 15.0 Å². The van der Waals surface area contributed by atoms with Crippen LogP contribution < -0.4 is 11.2 Å². The van der Waals surface area contributed by atoms with Gasteiger partial charge in [0.2, 0.25) is 0 Å². The lowest BCUT2D eigenvalue weighted by molar-refractivity contribution is 0.00578. The van der Waals surface area contributed by atoms with Crippen molar-refractivity contribution in [1.29, 1.82) is 0 Å². The van der Waals surface area contributed by atoms with Crippen LogP contribution in [0, 0.1) is 0 Å². The summed E-state index contributed by atoms with van der Waals surface area (Å²) in [5, 5.41) is 0. The van der Waals surface area contributed by atoms with Gasteiger partial charge in [0.1, 0.15) is 0 Å². The molecule has 4 nitrogen and oxygen atoms in total. The Bertz CT molecular complexity index is 541. The van der Waals surface area contributed by atoms with E-state index in [-0.39, 0.29) is 43.1 Å². The van der Waals surface area contributed by atoms with Crippen molar-refractivity contribution >= 4 is 37.4 Å². The van der Waals surface area contributed by atoms with Crippen molar-refractivity contribution in [3.8, 4) is 0 Å². The number of hydrogen-bond donors (Lipinski definition) is 1. The molecular weight excluding hydrogens is 346 g/mol. The molecule has 7 heteroatoms. The predicted octanol–water partition coefficient (Wildman–Crippen LogP) is 2.36. The molecule has 1 atom stereocenters. The topological polar surface area (TPSA) is 47.7 Å². The fraction of sp³-hybridized carbons (Fsp3) is 0.647. The maximum atomic E-state index is 6.14. The third-order valence-corrected chi connectivity index (χ3v) is 5.19. The quantitative estimate of drug-likeness (QED) is 0.825. The van der Waals surface area contributed by atoms with E-state index in [1.54, 1.807) is 0 Å². The van der Waals surface area contributed by atoms with Gasteiger partial charge in [-0.3, -0.25) is 4.90 Å². The van der Waals surface area contributed by atoms with Crippen LogP contribution in [0.15, 0.2) is 24.3 Å². The van der Waals surface area contributed by atoms with Gasteiger partial charge in [-0.15, -0.1) is 24.8 Å². The minimum absolute atomic E-state index is 0. The number of hydrogen-bond acceptors (Lipinski definition) is 4. The number of nitrogens with two attached hydrogens (primary N) is 1. The van der Waals surface area contributed by atoms with Gasteiger partial charge in [0.15, 0.2) is 0 Å². The van der Waals surface area contributed by atoms with Gasteiger partial charge >= 0.3 is 7.12 Å². The molecule has 2 heterocycles. The maximum Gasteiger partial charge on any atom is 0.494 e. The van der Waals surface area contributed by atoms with E-state index in [0.717, 1.165) is 31.5 Å². The SMILES string of the molecule is CC1(C)OB(c2cccc(CN3CC[C@H](N)C3)c2)OC1(C)C.Cl.Cl. The predicted molar refractivity (Wildman–Crippen MR) is 105 cm³/mol. The van der Waals surface area contributed by atoms with Gasteiger partial charge in [-0.2, -0.15) is 0 Å². The standard InChI is InChI=1S/C17H27BN2O2.2ClH/c1-16(2)17(3,4)22-18(21-16)14-7-5-6-13(10-14)11-20-9-8-15(19)12-20;;/h5-7,10,15H,8-9,11-12,19H2,1-4H3;2*1H/t15-;;/m0../s1. The second-order valence-electron chi connectivity index (χ2n) is 7.62. The zero-order valence-electron chi connectivity index (χ0n) is 15.0. The summed E-state index contributed by atoms with van der Waals surface area (Å²) < 4.78 is 12.3. The fourth-order valence-corrected chi connectivity index (χ4v) is 3.08. The Balaban J connectivity index is 0.00000144. The third kappa shape index (κ3) is 4.45. The van der Waals surface area contributed by atoms with E-state index in [1.165, 1.54) is 5.56 Å². The summed E-state index contributed by atoms with van der Waals surface area (Å²) in [5.74, 6) is 0. The molecule has 0 amide bonds. The number of benzene rings is 1. The minimum Gasteiger partial charge on any atom is -0.399 e. The zero-order valence-corrected chi connectivity index (χ0v) is 16.6. The van der Waals surface area contributed by atoms with Crippen molar-refractivity contribution < 1.29 is 9.31 Å². The van der Waals surface area contributed by atoms with E-state index < -0.39 is 0 Å². The summed E-state index contributed by atoms with van der Waals surface area (Å²) in [6.45, 7) is 11.4. The van der Waals surface area contributed by atoms with Crippen LogP contribution in [0.5, 0.6) is 0 Å². The van der Waals surface area contributed by atoms with Crippen LogP contribution in [-0.2, 0) is 15.9 Å². The Hall–Kier alpha value is -0.295. The number of halogens is 2. The van der Waals surface area contributed by atoms with E-state index in [4.69, 9.17) is 15.0 Å². The molecule has 136 valence electrons. The van der Waals surface area contributed by atoms with Crippen molar-refractivity contribution in [3.05, 3.63) is 29.8 Å². The highest BCUT2D eigenvalue weighted by molar-refractivity contribution is 6.62. The van der Waals surface area contributed by atoms with Gasteiger partial charge in [0.25, 0.3) is 0 Å². The Morgan fingerprint density at radius 2 is 1.79 bits per heavy atom. The average molecular weight is 375 g/mol. The van der Waals surface area contributed by atoms with Crippen LogP contribution in [0.3, 0.4) is 0 Å². The fourth-order valence-electron chi connectivity index (χ4n) is 3.08. The van der Waals surface area contributed by atoms with E-state index in [9.17, 15) is 0 Å². The van der Waals surface area contributed by atoms with Gasteiger partial charge in [0, 0.05) is 25.7 Å². The van der Waals surface area contributed by atoms with Crippen molar-refractivity contribution in [2.45, 2.75) is 57.9 Å². The van der Waals surface area contributed by atoms with Crippen molar-refractivity contribution in [2.75, 3.05) is 13.1 Å². The van der Waals surface area contributed by atoms with Crippen LogP contribution in [0.1, 0.15) is 39.7 Å². The summed E-state index contributed by atoms with van der Waals surface area (Å²) in [6, 6.07) is 8.86. The Labute approximate surface area is 158 Å². The third-order valence-electron chi connectivity index (χ3n) is 5.19. The summed E-state index contributed by atoms with van der Waals surface area (Å²) in [4.78, 5) is 2.41. The molecule has 0 unspecified atom stereocenters. The summed E-state index contributed by atoms with van der Waals surface area (Å²) >= 11 is 0. The molecule has 0 aliphatic carbocycles. The van der Waals surface area contributed by atoms with Crippen molar-refractivity contribution in [1.82, 2.24) is 4.90 Å². The first-order valence-electron chi connectivity index (χ1n) is 8.19. The number of likely N-dealkylation sites (tertiary alicyclic amines) is 1. The zero-order chi connectivity index (χ0) is 16.0. The molecule has 0 radical (unpaired) electrons. The lowest BCUT2D eigenvalue weighted by Gasteiger charge is -2.32. The smallest absolute Gasteiger partial charge is 0.399 e. The second kappa shape index (κ2) is 7.94. The molecule has 1 aromatic carbocycles. The first kappa shape index (κ1) is 21.7. The average Bonchev–Trinajstić information content (AvgIpc) is 2.91. The highest BCUT2D eigenvalue weighted by Gasteiger charge is 2.51. The molecule has 1 aromatic rings. The lowest BCUT2D eigenvalue weighted by atomic mass is 9.78. The minimum atomic E-state index is -0.296. The molecule has 2 fully saturated rings. The summed E-state index contributed by atoms with van der Waals surface area (Å²) in [5.41, 5.74) is 7.78. The molecule has 0 spiro atoms. The molecule has 2 aliphatic heterocycles. The molecule has 24 heavy (non-hydrogen) atoms. The molecule has 0 bridgehead atoms. The van der Waals surface area contributed by atoms with Gasteiger partial charge in [-0.05, 0) is 45.1 Å². The number of rotatable bonds is 3. The van der Waals surface area contributed by atoms with Crippen molar-refractivity contribution in [2.24, 2.45) is 5.73 Å². The Morgan fingerprint density at radius 3 is 2.33 bits per heavy atom. The maximum absolute atomic E-state index is 6.14. The molecule has 2 saturated heterocycles. The Kier molecular flexibility index (Phi) is 7.19. The first-order valence-corrected chi connectivity index (χ1v) is 8.19. The highest BCUT2D eigenvalue weighted by Crippen LogP contribution is 2.36. The molecule has 2 N–H and O–H groups in total. The van der Waals surface area contributed by atoms with Crippen LogP contribution >= 0.6 is 24.8 Å². The van der Waals surface area contributed by atoms with Crippen LogP contribution in [0.4, 0.5) is 0 Å². The van der Waals surface area contributed by atoms with Gasteiger partial charge in [-0.25, -0.2) is 0 Å². The Morgan fingerprint density at radius 1 is 1.17 bits per heavy atom. The van der Waals surface area contributed by atoms with E-state index in [0.29, 0.717) is 6.04 Å². The van der Waals surface area contributed by atoms with E-state index in [2.05, 4.69) is 56.9 Å². The molecule has 3 rings (SSSR count). The normalized spacial score (nSPS) is 25.2. The first-order chi connectivity index (χ1) is 10.3. The largest absolute Gasteiger partial charge is 0.494 e. The van der Waals surface area contributed by atoms with Crippen LogP contribution in [0.25, 0.3) is 0 Å². The second-order valence-corrected chi connectivity index (χ2v) is 7.62. The monoisotopic (exact) mass is 374 g/mol. The lowest BCUT2D eigenvalue weighted by Crippen LogP contribution is -2.41. The van der Waals surface area contributed by atoms with Gasteiger partial charge in [0.05, 0.1) is 11.2 Å².